The summed E-state index contributed by atoms with van der Waals surface area (Å²) in [6, 6.07) is -0.985. The lowest BCUT2D eigenvalue weighted by molar-refractivity contribution is -0.817. The normalized spacial score (nSPS) is 31.3. The van der Waals surface area contributed by atoms with E-state index in [0.29, 0.717) is 0 Å². The number of rotatable bonds is 1. The van der Waals surface area contributed by atoms with E-state index >= 15 is 0 Å². The van der Waals surface area contributed by atoms with Crippen molar-refractivity contribution < 1.29 is 24.1 Å². The Labute approximate surface area is 112 Å². The molecule has 4 heterocycles. The molecule has 0 aromatic carbocycles. The number of nitrogens with one attached hydrogen (secondary N) is 2. The number of imidazole rings is 1. The second kappa shape index (κ2) is 3.37. The molecule has 3 N–H and O–H groups in total. The minimum atomic E-state index is -1.22. The molecule has 1 spiro atoms. The predicted molar refractivity (Wildman–Crippen MR) is 60.7 cm³/mol. The first-order valence-electron chi connectivity index (χ1n) is 6.24. The predicted octanol–water partition coefficient (Wildman–Crippen LogP) is -2.85. The van der Waals surface area contributed by atoms with Gasteiger partial charge in [0, 0.05) is 6.42 Å². The average molecular weight is 278 g/mol. The standard InChI is InChI=1S/C11H11N5O4/c17-8-3-13-11-14(8)4-9(18)16(11)7(10(19)20)1-6-2-12-5-15(6)11/h2,5,7,13H,1,3-4H2,(H,19,20)/p+1. The van der Waals surface area contributed by atoms with Gasteiger partial charge in [0.1, 0.15) is 18.8 Å². The van der Waals surface area contributed by atoms with Crippen LogP contribution in [0.3, 0.4) is 0 Å². The minimum absolute atomic E-state index is 0.0771. The van der Waals surface area contributed by atoms with E-state index in [2.05, 4.69) is 10.3 Å². The van der Waals surface area contributed by atoms with Crippen molar-refractivity contribution in [2.45, 2.75) is 18.4 Å². The molecule has 2 amide bonds. The van der Waals surface area contributed by atoms with E-state index in [4.69, 9.17) is 0 Å². The lowest BCUT2D eigenvalue weighted by Gasteiger charge is -2.41. The highest BCUT2D eigenvalue weighted by Crippen LogP contribution is 2.35. The van der Waals surface area contributed by atoms with Crippen LogP contribution in [0, 0.1) is 0 Å². The van der Waals surface area contributed by atoms with Crippen LogP contribution in [-0.4, -0.2) is 56.8 Å². The molecule has 2 atom stereocenters. The second-order valence-electron chi connectivity index (χ2n) is 5.09. The van der Waals surface area contributed by atoms with Gasteiger partial charge < -0.3 is 5.11 Å². The van der Waals surface area contributed by atoms with Crippen LogP contribution in [0.2, 0.25) is 0 Å². The van der Waals surface area contributed by atoms with E-state index in [1.807, 2.05) is 0 Å². The molecule has 0 radical (unpaired) electrons. The van der Waals surface area contributed by atoms with Crippen molar-refractivity contribution in [3.8, 4) is 0 Å². The Balaban J connectivity index is 1.97. The zero-order chi connectivity index (χ0) is 14.1. The zero-order valence-electron chi connectivity index (χ0n) is 10.4. The first-order valence-corrected chi connectivity index (χ1v) is 6.24. The quantitative estimate of drug-likeness (QED) is 0.479. The summed E-state index contributed by atoms with van der Waals surface area (Å²) in [5.41, 5.74) is 0.732. The highest BCUT2D eigenvalue weighted by atomic mass is 16.4. The number of aliphatic carboxylic acids is 1. The van der Waals surface area contributed by atoms with Gasteiger partial charge in [-0.05, 0) is 0 Å². The monoisotopic (exact) mass is 278 g/mol. The number of nitrogens with zero attached hydrogens (tertiary/aromatic N) is 3. The summed E-state index contributed by atoms with van der Waals surface area (Å²) in [7, 11) is 0. The Morgan fingerprint density at radius 2 is 2.25 bits per heavy atom. The number of fused-ring (bicyclic) bond motifs is 1. The fraction of sp³-hybridized carbons (Fsp3) is 0.455. The summed E-state index contributed by atoms with van der Waals surface area (Å²) >= 11 is 0. The molecule has 3 aliphatic rings. The molecule has 0 aliphatic carbocycles. The third kappa shape index (κ3) is 1.07. The molecule has 0 bridgehead atoms. The van der Waals surface area contributed by atoms with Crippen LogP contribution in [0.15, 0.2) is 12.5 Å². The molecule has 3 aliphatic heterocycles. The van der Waals surface area contributed by atoms with Gasteiger partial charge in [-0.3, -0.25) is 19.4 Å². The molecule has 2 saturated heterocycles. The maximum absolute atomic E-state index is 12.2. The Hall–Kier alpha value is -2.42. The lowest BCUT2D eigenvalue weighted by Crippen LogP contribution is -2.79. The molecule has 0 saturated carbocycles. The van der Waals surface area contributed by atoms with Crippen LogP contribution in [0.1, 0.15) is 5.69 Å². The fourth-order valence-electron chi connectivity index (χ4n) is 3.38. The first kappa shape index (κ1) is 11.4. The number of aromatic amines is 1. The van der Waals surface area contributed by atoms with E-state index < -0.39 is 17.9 Å². The molecule has 104 valence electrons. The van der Waals surface area contributed by atoms with Crippen molar-refractivity contribution in [2.24, 2.45) is 0 Å². The smallest absolute Gasteiger partial charge is 0.334 e. The highest BCUT2D eigenvalue weighted by molar-refractivity contribution is 5.93. The number of amides is 2. The molecule has 2 fully saturated rings. The number of carboxylic acid groups (broad SMARTS) is 1. The van der Waals surface area contributed by atoms with Gasteiger partial charge in [0.15, 0.2) is 5.69 Å². The molecule has 1 aromatic rings. The number of carbonyl (C=O) groups is 3. The van der Waals surface area contributed by atoms with Crippen molar-refractivity contribution >= 4 is 17.8 Å². The number of carboxylic acids is 1. The largest absolute Gasteiger partial charge is 0.480 e. The Morgan fingerprint density at radius 3 is 3.00 bits per heavy atom. The van der Waals surface area contributed by atoms with Crippen LogP contribution >= 0.6 is 0 Å². The number of carbonyl (C=O) groups excluding carboxylic acids is 2. The van der Waals surface area contributed by atoms with Gasteiger partial charge >= 0.3 is 11.9 Å². The lowest BCUT2D eigenvalue weighted by atomic mass is 10.1. The Bertz CT molecular complexity index is 655. The molecule has 4 rings (SSSR count). The Kier molecular flexibility index (Phi) is 1.92. The fourth-order valence-corrected chi connectivity index (χ4v) is 3.38. The van der Waals surface area contributed by atoms with Crippen LogP contribution in [0.5, 0.6) is 0 Å². The van der Waals surface area contributed by atoms with Gasteiger partial charge in [-0.2, -0.15) is 4.57 Å². The minimum Gasteiger partial charge on any atom is -0.480 e. The van der Waals surface area contributed by atoms with Gasteiger partial charge in [0.2, 0.25) is 18.1 Å². The van der Waals surface area contributed by atoms with E-state index in [0.717, 1.165) is 5.69 Å². The van der Waals surface area contributed by atoms with Crippen molar-refractivity contribution in [1.29, 1.82) is 0 Å². The summed E-state index contributed by atoms with van der Waals surface area (Å²) in [5, 5.41) is 12.4. The summed E-state index contributed by atoms with van der Waals surface area (Å²) < 4.78 is 1.72. The summed E-state index contributed by atoms with van der Waals surface area (Å²) in [6.07, 6.45) is 3.53. The van der Waals surface area contributed by atoms with Gasteiger partial charge in [0.25, 0.3) is 0 Å². The molecule has 1 aromatic heterocycles. The summed E-state index contributed by atoms with van der Waals surface area (Å²) in [4.78, 5) is 41.2. The van der Waals surface area contributed by atoms with Crippen LogP contribution in [0.25, 0.3) is 0 Å². The van der Waals surface area contributed by atoms with Crippen molar-refractivity contribution in [3.05, 3.63) is 18.2 Å². The van der Waals surface area contributed by atoms with E-state index in [1.54, 1.807) is 17.1 Å². The van der Waals surface area contributed by atoms with Gasteiger partial charge in [-0.1, -0.05) is 0 Å². The molecule has 2 unspecified atom stereocenters. The van der Waals surface area contributed by atoms with E-state index in [1.165, 1.54) is 9.80 Å². The van der Waals surface area contributed by atoms with Crippen LogP contribution in [-0.2, 0) is 26.7 Å². The number of hydrogen-bond acceptors (Lipinski definition) is 4. The maximum atomic E-state index is 12.2. The molecular weight excluding hydrogens is 266 g/mol. The molecule has 20 heavy (non-hydrogen) atoms. The van der Waals surface area contributed by atoms with E-state index in [9.17, 15) is 19.5 Å². The van der Waals surface area contributed by atoms with Gasteiger partial charge in [-0.15, -0.1) is 0 Å². The van der Waals surface area contributed by atoms with Crippen molar-refractivity contribution in [1.82, 2.24) is 20.1 Å². The molecule has 9 heteroatoms. The average Bonchev–Trinajstić information content (AvgIpc) is 3.04. The second-order valence-corrected chi connectivity index (χ2v) is 5.09. The topological polar surface area (TPSA) is 110 Å². The van der Waals surface area contributed by atoms with Crippen LogP contribution < -0.4 is 9.88 Å². The third-order valence-electron chi connectivity index (χ3n) is 4.15. The summed E-state index contributed by atoms with van der Waals surface area (Å²) in [5.74, 6) is -2.87. The van der Waals surface area contributed by atoms with Crippen molar-refractivity contribution in [3.63, 3.8) is 0 Å². The number of hydrogen-bond donors (Lipinski definition) is 3. The van der Waals surface area contributed by atoms with Crippen molar-refractivity contribution in [2.75, 3.05) is 13.1 Å². The first-order chi connectivity index (χ1) is 9.55. The third-order valence-corrected chi connectivity index (χ3v) is 4.15. The van der Waals surface area contributed by atoms with Crippen LogP contribution in [0.4, 0.5) is 0 Å². The number of H-pyrrole nitrogens is 1. The highest BCUT2D eigenvalue weighted by Gasteiger charge is 2.67. The van der Waals surface area contributed by atoms with Gasteiger partial charge in [-0.25, -0.2) is 15.1 Å². The molecule has 9 nitrogen and oxygen atoms in total. The zero-order valence-corrected chi connectivity index (χ0v) is 10.4. The SMILES string of the molecule is O=C(O)C1Cc2c[nH]c[n+]2C23NCC(=O)N2CC(=O)N13. The maximum Gasteiger partial charge on any atom is 0.334 e. The number of aromatic nitrogens is 2. The van der Waals surface area contributed by atoms with Gasteiger partial charge in [0.05, 0.1) is 6.54 Å². The Morgan fingerprint density at radius 1 is 1.45 bits per heavy atom. The summed E-state index contributed by atoms with van der Waals surface area (Å²) in [6.45, 7) is -0.0268. The molecular formula is C11H12N5O4+. The van der Waals surface area contributed by atoms with E-state index in [-0.39, 0.29) is 31.3 Å².